The lowest BCUT2D eigenvalue weighted by atomic mass is 9.68. The molecular formula is C21H27N3O4. The number of ether oxygens (including phenoxy) is 1. The minimum absolute atomic E-state index is 0.130. The van der Waals surface area contributed by atoms with Crippen LogP contribution in [-0.2, 0) is 14.3 Å². The molecule has 7 nitrogen and oxygen atoms in total. The molecule has 0 aliphatic heterocycles. The molecule has 3 atom stereocenters. The van der Waals surface area contributed by atoms with E-state index in [1.54, 1.807) is 13.0 Å². The third-order valence-corrected chi connectivity index (χ3v) is 4.59. The van der Waals surface area contributed by atoms with Crippen molar-refractivity contribution in [1.82, 2.24) is 5.43 Å². The number of rotatable bonds is 6. The third kappa shape index (κ3) is 5.89. The molecule has 1 saturated carbocycles. The summed E-state index contributed by atoms with van der Waals surface area (Å²) in [5, 5.41) is 23.5. The second kappa shape index (κ2) is 9.47. The average Bonchev–Trinajstić information content (AvgIpc) is 2.64. The first-order valence-corrected chi connectivity index (χ1v) is 9.39. The van der Waals surface area contributed by atoms with E-state index in [1.165, 1.54) is 0 Å². The van der Waals surface area contributed by atoms with Gasteiger partial charge in [0.1, 0.15) is 12.3 Å². The van der Waals surface area contributed by atoms with Crippen molar-refractivity contribution in [3.05, 3.63) is 35.9 Å². The van der Waals surface area contributed by atoms with E-state index >= 15 is 0 Å². The molecule has 0 unspecified atom stereocenters. The van der Waals surface area contributed by atoms with Crippen molar-refractivity contribution in [2.24, 2.45) is 16.9 Å². The molecule has 2 rings (SSSR count). The number of hydrogen-bond donors (Lipinski definition) is 2. The monoisotopic (exact) mass is 385 g/mol. The van der Waals surface area contributed by atoms with E-state index in [2.05, 4.69) is 10.5 Å². The van der Waals surface area contributed by atoms with E-state index in [9.17, 15) is 14.7 Å². The predicted molar refractivity (Wildman–Crippen MR) is 104 cm³/mol. The minimum atomic E-state index is -1.09. The van der Waals surface area contributed by atoms with Crippen LogP contribution in [0, 0.1) is 23.2 Å². The Kier molecular flexibility index (Phi) is 7.30. The first kappa shape index (κ1) is 21.6. The number of hydrogen-bond acceptors (Lipinski definition) is 6. The van der Waals surface area contributed by atoms with Gasteiger partial charge in [-0.15, -0.1) is 0 Å². The summed E-state index contributed by atoms with van der Waals surface area (Å²) in [5.74, 6) is -1.86. The SMILES string of the molecule is CC(C)COC(=O)[C@@H]1/C(=N\NC(=O)CC#N)C[C@@](C)(O)C[C@H]1c1ccccc1. The normalized spacial score (nSPS) is 25.9. The number of nitriles is 1. The van der Waals surface area contributed by atoms with Crippen LogP contribution >= 0.6 is 0 Å². The van der Waals surface area contributed by atoms with E-state index in [-0.39, 0.29) is 31.3 Å². The van der Waals surface area contributed by atoms with Crippen molar-refractivity contribution in [2.45, 2.75) is 51.6 Å². The summed E-state index contributed by atoms with van der Waals surface area (Å²) in [4.78, 5) is 24.6. The summed E-state index contributed by atoms with van der Waals surface area (Å²) in [7, 11) is 0. The van der Waals surface area contributed by atoms with Crippen molar-refractivity contribution in [3.8, 4) is 6.07 Å². The van der Waals surface area contributed by atoms with Crippen molar-refractivity contribution in [1.29, 1.82) is 5.26 Å². The number of nitrogens with one attached hydrogen (secondary N) is 1. The van der Waals surface area contributed by atoms with Gasteiger partial charge in [-0.1, -0.05) is 44.2 Å². The quantitative estimate of drug-likeness (QED) is 0.577. The molecule has 0 radical (unpaired) electrons. The Balaban J connectivity index is 2.40. The average molecular weight is 385 g/mol. The van der Waals surface area contributed by atoms with E-state index < -0.39 is 23.4 Å². The maximum Gasteiger partial charge on any atom is 0.315 e. The Morgan fingerprint density at radius 1 is 1.39 bits per heavy atom. The topological polar surface area (TPSA) is 112 Å². The van der Waals surface area contributed by atoms with Crippen LogP contribution in [0.4, 0.5) is 0 Å². The fraction of sp³-hybridized carbons (Fsp3) is 0.524. The molecule has 0 heterocycles. The Morgan fingerprint density at radius 2 is 2.07 bits per heavy atom. The van der Waals surface area contributed by atoms with Crippen LogP contribution in [0.1, 0.15) is 51.5 Å². The molecule has 1 aromatic carbocycles. The second-order valence-corrected chi connectivity index (χ2v) is 7.87. The summed E-state index contributed by atoms with van der Waals surface area (Å²) in [6.45, 7) is 5.86. The van der Waals surface area contributed by atoms with Crippen LogP contribution in [0.5, 0.6) is 0 Å². The van der Waals surface area contributed by atoms with E-state index in [0.717, 1.165) is 5.56 Å². The number of esters is 1. The highest BCUT2D eigenvalue weighted by atomic mass is 16.5. The molecular weight excluding hydrogens is 358 g/mol. The first-order chi connectivity index (χ1) is 13.2. The van der Waals surface area contributed by atoms with Gasteiger partial charge in [-0.2, -0.15) is 10.4 Å². The molecule has 1 fully saturated rings. The summed E-state index contributed by atoms with van der Waals surface area (Å²) < 4.78 is 5.48. The second-order valence-electron chi connectivity index (χ2n) is 7.87. The van der Waals surface area contributed by atoms with Gasteiger partial charge in [-0.05, 0) is 24.8 Å². The molecule has 150 valence electrons. The van der Waals surface area contributed by atoms with Crippen LogP contribution in [0.2, 0.25) is 0 Å². The van der Waals surface area contributed by atoms with Gasteiger partial charge in [-0.3, -0.25) is 9.59 Å². The smallest absolute Gasteiger partial charge is 0.315 e. The van der Waals surface area contributed by atoms with Gasteiger partial charge in [0.15, 0.2) is 0 Å². The van der Waals surface area contributed by atoms with E-state index in [4.69, 9.17) is 10.00 Å². The number of aliphatic hydroxyl groups is 1. The summed E-state index contributed by atoms with van der Waals surface area (Å²) in [6.07, 6.45) is 0.159. The maximum absolute atomic E-state index is 12.9. The van der Waals surface area contributed by atoms with E-state index in [0.29, 0.717) is 12.1 Å². The predicted octanol–water partition coefficient (Wildman–Crippen LogP) is 2.52. The lowest BCUT2D eigenvalue weighted by Crippen LogP contribution is -2.46. The summed E-state index contributed by atoms with van der Waals surface area (Å²) in [5.41, 5.74) is 2.48. The highest BCUT2D eigenvalue weighted by Gasteiger charge is 2.45. The molecule has 1 aliphatic carbocycles. The van der Waals surface area contributed by atoms with Crippen LogP contribution in [0.15, 0.2) is 35.4 Å². The Morgan fingerprint density at radius 3 is 2.68 bits per heavy atom. The lowest BCUT2D eigenvalue weighted by molar-refractivity contribution is -0.149. The van der Waals surface area contributed by atoms with Crippen molar-refractivity contribution >= 4 is 17.6 Å². The van der Waals surface area contributed by atoms with Gasteiger partial charge in [0.2, 0.25) is 0 Å². The molecule has 2 N–H and O–H groups in total. The van der Waals surface area contributed by atoms with Crippen LogP contribution in [0.3, 0.4) is 0 Å². The zero-order valence-electron chi connectivity index (χ0n) is 16.5. The van der Waals surface area contributed by atoms with Gasteiger partial charge >= 0.3 is 5.97 Å². The third-order valence-electron chi connectivity index (χ3n) is 4.59. The number of hydrazone groups is 1. The van der Waals surface area contributed by atoms with E-state index in [1.807, 2.05) is 44.2 Å². The lowest BCUT2D eigenvalue weighted by Gasteiger charge is -2.39. The van der Waals surface area contributed by atoms with Crippen molar-refractivity contribution in [2.75, 3.05) is 6.61 Å². The van der Waals surface area contributed by atoms with Crippen molar-refractivity contribution < 1.29 is 19.4 Å². The molecule has 1 aromatic rings. The van der Waals surface area contributed by atoms with Gasteiger partial charge in [0.05, 0.1) is 24.0 Å². The van der Waals surface area contributed by atoms with Gasteiger partial charge < -0.3 is 9.84 Å². The molecule has 0 spiro atoms. The van der Waals surface area contributed by atoms with Gasteiger partial charge in [-0.25, -0.2) is 5.43 Å². The number of carbonyl (C=O) groups is 2. The van der Waals surface area contributed by atoms with Gasteiger partial charge in [0, 0.05) is 12.3 Å². The molecule has 0 aromatic heterocycles. The number of carbonyl (C=O) groups excluding carboxylic acids is 2. The van der Waals surface area contributed by atoms with Gasteiger partial charge in [0.25, 0.3) is 5.91 Å². The highest BCUT2D eigenvalue weighted by Crippen LogP contribution is 2.41. The Labute approximate surface area is 165 Å². The standard InChI is InChI=1S/C21H27N3O4/c1-14(2)13-28-20(26)19-16(15-7-5-4-6-8-15)11-21(3,27)12-17(19)23-24-18(25)9-10-22/h4-8,14,16,19,27H,9,11-13H2,1-3H3,(H,24,25)/b23-17-/t16-,19-,21-/m0/s1. The van der Waals surface area contributed by atoms with Crippen LogP contribution in [0.25, 0.3) is 0 Å². The largest absolute Gasteiger partial charge is 0.465 e. The fourth-order valence-corrected chi connectivity index (χ4v) is 3.40. The zero-order chi connectivity index (χ0) is 20.7. The molecule has 1 aliphatic rings. The Bertz CT molecular complexity index is 766. The van der Waals surface area contributed by atoms with Crippen molar-refractivity contribution in [3.63, 3.8) is 0 Å². The zero-order valence-corrected chi connectivity index (χ0v) is 16.5. The molecule has 0 bridgehead atoms. The molecule has 1 amide bonds. The minimum Gasteiger partial charge on any atom is -0.465 e. The molecule has 7 heteroatoms. The Hall–Kier alpha value is -2.72. The van der Waals surface area contributed by atoms with Crippen LogP contribution < -0.4 is 5.43 Å². The first-order valence-electron chi connectivity index (χ1n) is 9.39. The van der Waals surface area contributed by atoms with Crippen LogP contribution in [-0.4, -0.2) is 34.9 Å². The molecule has 0 saturated heterocycles. The maximum atomic E-state index is 12.9. The summed E-state index contributed by atoms with van der Waals surface area (Å²) in [6, 6.07) is 11.2. The highest BCUT2D eigenvalue weighted by molar-refractivity contribution is 6.04. The number of nitrogens with zero attached hydrogens (tertiary/aromatic N) is 2. The fourth-order valence-electron chi connectivity index (χ4n) is 3.40. The number of amides is 1. The number of benzene rings is 1. The summed E-state index contributed by atoms with van der Waals surface area (Å²) >= 11 is 0. The molecule has 28 heavy (non-hydrogen) atoms.